The van der Waals surface area contributed by atoms with Crippen molar-refractivity contribution in [2.75, 3.05) is 7.05 Å². The Hall–Kier alpha value is -1.89. The molecule has 7 heteroatoms. The van der Waals surface area contributed by atoms with E-state index in [1.54, 1.807) is 35.7 Å². The van der Waals surface area contributed by atoms with Crippen LogP contribution < -0.4 is 5.32 Å². The van der Waals surface area contributed by atoms with Gasteiger partial charge in [-0.1, -0.05) is 6.92 Å². The lowest BCUT2D eigenvalue weighted by atomic mass is 10.2. The summed E-state index contributed by atoms with van der Waals surface area (Å²) < 4.78 is 0. The van der Waals surface area contributed by atoms with Gasteiger partial charge in [0.05, 0.1) is 12.6 Å². The molecule has 0 aromatic carbocycles. The van der Waals surface area contributed by atoms with E-state index >= 15 is 0 Å². The van der Waals surface area contributed by atoms with Gasteiger partial charge in [-0.25, -0.2) is 14.8 Å². The number of carbonyl (C=O) groups excluding carboxylic acids is 1. The standard InChI is InChI=1S/C13H19N5OS/c1-4-10(12-15-7-9(2)16-12)17-13(19)18(3)8-11-14-5-6-20-11/h5-7,10H,4,8H2,1-3H3,(H,15,16)(H,17,19). The molecule has 2 amide bonds. The Morgan fingerprint density at radius 3 is 2.90 bits per heavy atom. The number of nitrogens with one attached hydrogen (secondary N) is 2. The maximum atomic E-state index is 12.2. The van der Waals surface area contributed by atoms with Crippen molar-refractivity contribution in [2.24, 2.45) is 0 Å². The van der Waals surface area contributed by atoms with Crippen LogP contribution in [0.15, 0.2) is 17.8 Å². The van der Waals surface area contributed by atoms with Crippen LogP contribution in [0.3, 0.4) is 0 Å². The number of amides is 2. The van der Waals surface area contributed by atoms with Gasteiger partial charge in [0.2, 0.25) is 0 Å². The minimum Gasteiger partial charge on any atom is -0.344 e. The fourth-order valence-corrected chi connectivity index (χ4v) is 2.51. The van der Waals surface area contributed by atoms with Crippen LogP contribution in [0.4, 0.5) is 4.79 Å². The third-order valence-corrected chi connectivity index (χ3v) is 3.73. The second-order valence-electron chi connectivity index (χ2n) is 4.64. The van der Waals surface area contributed by atoms with Crippen molar-refractivity contribution >= 4 is 17.4 Å². The van der Waals surface area contributed by atoms with Gasteiger partial charge in [-0.15, -0.1) is 11.3 Å². The van der Waals surface area contributed by atoms with Crippen LogP contribution in [-0.2, 0) is 6.54 Å². The topological polar surface area (TPSA) is 73.9 Å². The van der Waals surface area contributed by atoms with Crippen LogP contribution in [0.1, 0.15) is 35.9 Å². The number of aromatic amines is 1. The number of hydrogen-bond acceptors (Lipinski definition) is 4. The maximum absolute atomic E-state index is 12.2. The van der Waals surface area contributed by atoms with Crippen LogP contribution in [0, 0.1) is 6.92 Å². The van der Waals surface area contributed by atoms with Gasteiger partial charge in [0.1, 0.15) is 10.8 Å². The molecule has 2 rings (SSSR count). The number of rotatable bonds is 5. The molecule has 0 fully saturated rings. The van der Waals surface area contributed by atoms with Crippen molar-refractivity contribution in [1.29, 1.82) is 0 Å². The van der Waals surface area contributed by atoms with Gasteiger partial charge in [-0.2, -0.15) is 0 Å². The van der Waals surface area contributed by atoms with E-state index in [1.807, 2.05) is 19.2 Å². The SMILES string of the molecule is CCC(NC(=O)N(C)Cc1nccs1)c1ncc(C)[nH]1. The monoisotopic (exact) mass is 293 g/mol. The highest BCUT2D eigenvalue weighted by atomic mass is 32.1. The number of aromatic nitrogens is 3. The molecule has 1 atom stereocenters. The van der Waals surface area contributed by atoms with Crippen molar-refractivity contribution in [2.45, 2.75) is 32.9 Å². The van der Waals surface area contributed by atoms with Crippen LogP contribution >= 0.6 is 11.3 Å². The third kappa shape index (κ3) is 3.57. The Balaban J connectivity index is 1.95. The quantitative estimate of drug-likeness (QED) is 0.889. The largest absolute Gasteiger partial charge is 0.344 e. The Bertz CT molecular complexity index is 551. The van der Waals surface area contributed by atoms with E-state index in [9.17, 15) is 4.79 Å². The number of nitrogens with zero attached hydrogens (tertiary/aromatic N) is 3. The van der Waals surface area contributed by atoms with Gasteiger partial charge in [0, 0.05) is 30.5 Å². The predicted molar refractivity (Wildman–Crippen MR) is 78.5 cm³/mol. The number of carbonyl (C=O) groups is 1. The van der Waals surface area contributed by atoms with Crippen LogP contribution in [0.5, 0.6) is 0 Å². The summed E-state index contributed by atoms with van der Waals surface area (Å²) in [4.78, 5) is 25.4. The van der Waals surface area contributed by atoms with E-state index in [1.165, 1.54) is 0 Å². The molecule has 0 spiro atoms. The van der Waals surface area contributed by atoms with Crippen molar-refractivity contribution in [1.82, 2.24) is 25.2 Å². The summed E-state index contributed by atoms with van der Waals surface area (Å²) in [5, 5.41) is 5.80. The van der Waals surface area contributed by atoms with Gasteiger partial charge in [0.25, 0.3) is 0 Å². The second kappa shape index (κ2) is 6.51. The number of aryl methyl sites for hydroxylation is 1. The molecule has 2 N–H and O–H groups in total. The summed E-state index contributed by atoms with van der Waals surface area (Å²) in [6.45, 7) is 4.47. The van der Waals surface area contributed by atoms with Gasteiger partial charge in [-0.3, -0.25) is 0 Å². The van der Waals surface area contributed by atoms with Crippen LogP contribution in [-0.4, -0.2) is 32.9 Å². The normalized spacial score (nSPS) is 12.2. The highest BCUT2D eigenvalue weighted by Gasteiger charge is 2.18. The maximum Gasteiger partial charge on any atom is 0.318 e. The smallest absolute Gasteiger partial charge is 0.318 e. The summed E-state index contributed by atoms with van der Waals surface area (Å²) in [6, 6.07) is -0.226. The van der Waals surface area contributed by atoms with Gasteiger partial charge >= 0.3 is 6.03 Å². The molecule has 2 aromatic heterocycles. The first-order valence-corrected chi connectivity index (χ1v) is 7.39. The summed E-state index contributed by atoms with van der Waals surface area (Å²) in [7, 11) is 1.76. The Morgan fingerprint density at radius 2 is 2.35 bits per heavy atom. The lowest BCUT2D eigenvalue weighted by molar-refractivity contribution is 0.201. The molecule has 108 valence electrons. The Kier molecular flexibility index (Phi) is 4.73. The Morgan fingerprint density at radius 1 is 1.55 bits per heavy atom. The first-order valence-electron chi connectivity index (χ1n) is 6.51. The van der Waals surface area contributed by atoms with Crippen molar-refractivity contribution in [3.8, 4) is 0 Å². The molecule has 2 aromatic rings. The Labute approximate surface area is 122 Å². The molecule has 0 aliphatic rings. The lowest BCUT2D eigenvalue weighted by Gasteiger charge is -2.21. The third-order valence-electron chi connectivity index (χ3n) is 2.96. The zero-order valence-corrected chi connectivity index (χ0v) is 12.7. The van der Waals surface area contributed by atoms with Crippen molar-refractivity contribution in [3.05, 3.63) is 34.3 Å². The average Bonchev–Trinajstić information content (AvgIpc) is 3.07. The number of H-pyrrole nitrogens is 1. The van der Waals surface area contributed by atoms with E-state index in [-0.39, 0.29) is 12.1 Å². The predicted octanol–water partition coefficient (Wildman–Crippen LogP) is 2.47. The molecule has 0 saturated heterocycles. The molecular formula is C13H19N5OS. The first-order chi connectivity index (χ1) is 9.60. The zero-order valence-electron chi connectivity index (χ0n) is 11.9. The summed E-state index contributed by atoms with van der Waals surface area (Å²) >= 11 is 1.54. The molecule has 0 saturated carbocycles. The molecule has 1 unspecified atom stereocenters. The number of thiazole rings is 1. The van der Waals surface area contributed by atoms with Crippen LogP contribution in [0.25, 0.3) is 0 Å². The fourth-order valence-electron chi connectivity index (χ4n) is 1.84. The number of urea groups is 1. The lowest BCUT2D eigenvalue weighted by Crippen LogP contribution is -2.39. The number of imidazole rings is 1. The minimum atomic E-state index is -0.124. The molecule has 2 heterocycles. The van der Waals surface area contributed by atoms with Crippen molar-refractivity contribution in [3.63, 3.8) is 0 Å². The molecule has 0 aliphatic heterocycles. The molecule has 0 radical (unpaired) electrons. The van der Waals surface area contributed by atoms with Crippen LogP contribution in [0.2, 0.25) is 0 Å². The molecule has 0 aliphatic carbocycles. The van der Waals surface area contributed by atoms with E-state index in [2.05, 4.69) is 20.3 Å². The molecule has 20 heavy (non-hydrogen) atoms. The van der Waals surface area contributed by atoms with Gasteiger partial charge in [0.15, 0.2) is 0 Å². The van der Waals surface area contributed by atoms with E-state index in [0.717, 1.165) is 22.9 Å². The molecule has 6 nitrogen and oxygen atoms in total. The molecular weight excluding hydrogens is 274 g/mol. The molecule has 0 bridgehead atoms. The average molecular weight is 293 g/mol. The van der Waals surface area contributed by atoms with E-state index < -0.39 is 0 Å². The minimum absolute atomic E-state index is 0.102. The first kappa shape index (κ1) is 14.5. The second-order valence-corrected chi connectivity index (χ2v) is 5.62. The van der Waals surface area contributed by atoms with E-state index in [0.29, 0.717) is 6.54 Å². The number of hydrogen-bond donors (Lipinski definition) is 2. The fraction of sp³-hybridized carbons (Fsp3) is 0.462. The highest BCUT2D eigenvalue weighted by Crippen LogP contribution is 2.14. The summed E-state index contributed by atoms with van der Waals surface area (Å²) in [5.41, 5.74) is 0.990. The zero-order chi connectivity index (χ0) is 14.5. The van der Waals surface area contributed by atoms with Gasteiger partial charge < -0.3 is 15.2 Å². The van der Waals surface area contributed by atoms with Crippen molar-refractivity contribution < 1.29 is 4.79 Å². The summed E-state index contributed by atoms with van der Waals surface area (Å²) in [6.07, 6.45) is 4.29. The van der Waals surface area contributed by atoms with Gasteiger partial charge in [-0.05, 0) is 13.3 Å². The summed E-state index contributed by atoms with van der Waals surface area (Å²) in [5.74, 6) is 0.793. The highest BCUT2D eigenvalue weighted by molar-refractivity contribution is 7.09. The van der Waals surface area contributed by atoms with E-state index in [4.69, 9.17) is 0 Å².